The average Bonchev–Trinajstić information content (AvgIpc) is 2.98. The molecule has 1 N–H and O–H groups in total. The van der Waals surface area contributed by atoms with Crippen LogP contribution in [0.5, 0.6) is 0 Å². The Morgan fingerprint density at radius 1 is 1.53 bits per heavy atom. The largest absolute Gasteiger partial charge is 0.472 e. The van der Waals surface area contributed by atoms with Crippen LogP contribution in [0.2, 0.25) is 0 Å². The number of aromatic nitrogens is 2. The maximum Gasteiger partial charge on any atom is 0.236 e. The van der Waals surface area contributed by atoms with E-state index in [1.165, 1.54) is 0 Å². The molecule has 2 heterocycles. The van der Waals surface area contributed by atoms with E-state index in [4.69, 9.17) is 14.0 Å². The van der Waals surface area contributed by atoms with Crippen molar-refractivity contribution >= 4 is 11.8 Å². The number of aliphatic hydroxyl groups excluding tert-OH is 1. The standard InChI is InChI=1S/C11H14N2O3S/c1-8(4-14)6-17-7-10-12-11(13-16-10)9-2-3-15-5-9/h2-3,5,8,14H,4,6-7H2,1H3. The molecule has 0 fully saturated rings. The van der Waals surface area contributed by atoms with Crippen molar-refractivity contribution in [2.45, 2.75) is 12.7 Å². The summed E-state index contributed by atoms with van der Waals surface area (Å²) in [5.74, 6) is 2.96. The van der Waals surface area contributed by atoms with Crippen molar-refractivity contribution in [3.8, 4) is 11.4 Å². The quantitative estimate of drug-likeness (QED) is 0.852. The molecule has 17 heavy (non-hydrogen) atoms. The van der Waals surface area contributed by atoms with Gasteiger partial charge in [0.25, 0.3) is 0 Å². The van der Waals surface area contributed by atoms with Crippen molar-refractivity contribution in [1.29, 1.82) is 0 Å². The SMILES string of the molecule is CC(CO)CSCc1nc(-c2ccoc2)no1. The van der Waals surface area contributed by atoms with E-state index in [2.05, 4.69) is 10.1 Å². The van der Waals surface area contributed by atoms with Crippen LogP contribution in [-0.2, 0) is 5.75 Å². The van der Waals surface area contributed by atoms with Gasteiger partial charge in [-0.2, -0.15) is 16.7 Å². The average molecular weight is 254 g/mol. The van der Waals surface area contributed by atoms with E-state index >= 15 is 0 Å². The molecular formula is C11H14N2O3S. The lowest BCUT2D eigenvalue weighted by Gasteiger charge is -2.04. The Kier molecular flexibility index (Phi) is 4.22. The van der Waals surface area contributed by atoms with Crippen molar-refractivity contribution < 1.29 is 14.0 Å². The van der Waals surface area contributed by atoms with Crippen LogP contribution in [-0.4, -0.2) is 27.6 Å². The van der Waals surface area contributed by atoms with Crippen LogP contribution in [0.4, 0.5) is 0 Å². The fourth-order valence-electron chi connectivity index (χ4n) is 1.22. The predicted octanol–water partition coefficient (Wildman–Crippen LogP) is 2.19. The zero-order valence-electron chi connectivity index (χ0n) is 9.50. The van der Waals surface area contributed by atoms with E-state index in [-0.39, 0.29) is 12.5 Å². The summed E-state index contributed by atoms with van der Waals surface area (Å²) in [7, 11) is 0. The summed E-state index contributed by atoms with van der Waals surface area (Å²) < 4.78 is 10.1. The first kappa shape index (κ1) is 12.2. The summed E-state index contributed by atoms with van der Waals surface area (Å²) >= 11 is 1.67. The molecule has 0 aliphatic heterocycles. The van der Waals surface area contributed by atoms with Crippen molar-refractivity contribution in [3.63, 3.8) is 0 Å². The van der Waals surface area contributed by atoms with Gasteiger partial charge in [0.1, 0.15) is 6.26 Å². The van der Waals surface area contributed by atoms with E-state index < -0.39 is 0 Å². The number of hydrogen-bond acceptors (Lipinski definition) is 6. The minimum atomic E-state index is 0.205. The van der Waals surface area contributed by atoms with Crippen LogP contribution in [0.3, 0.4) is 0 Å². The molecular weight excluding hydrogens is 240 g/mol. The lowest BCUT2D eigenvalue weighted by Crippen LogP contribution is -2.03. The molecule has 92 valence electrons. The van der Waals surface area contributed by atoms with Gasteiger partial charge in [-0.15, -0.1) is 0 Å². The molecule has 2 aromatic heterocycles. The second-order valence-electron chi connectivity index (χ2n) is 3.83. The Morgan fingerprint density at radius 2 is 2.41 bits per heavy atom. The topological polar surface area (TPSA) is 72.3 Å². The molecule has 0 bridgehead atoms. The van der Waals surface area contributed by atoms with Crippen molar-refractivity contribution in [3.05, 3.63) is 24.5 Å². The third-order valence-corrected chi connectivity index (χ3v) is 3.44. The predicted molar refractivity (Wildman–Crippen MR) is 64.4 cm³/mol. The number of hydrogen-bond donors (Lipinski definition) is 1. The van der Waals surface area contributed by atoms with E-state index in [0.717, 1.165) is 11.3 Å². The molecule has 2 aromatic rings. The first-order valence-electron chi connectivity index (χ1n) is 5.33. The first-order valence-corrected chi connectivity index (χ1v) is 6.49. The molecule has 6 heteroatoms. The van der Waals surface area contributed by atoms with Gasteiger partial charge in [-0.05, 0) is 17.7 Å². The zero-order chi connectivity index (χ0) is 12.1. The second-order valence-corrected chi connectivity index (χ2v) is 4.86. The molecule has 0 saturated carbocycles. The highest BCUT2D eigenvalue weighted by molar-refractivity contribution is 7.98. The highest BCUT2D eigenvalue weighted by Gasteiger charge is 2.10. The molecule has 2 rings (SSSR count). The first-order chi connectivity index (χ1) is 8.29. The molecule has 0 radical (unpaired) electrons. The zero-order valence-corrected chi connectivity index (χ0v) is 10.3. The Bertz CT molecular complexity index is 441. The molecule has 0 aliphatic carbocycles. The van der Waals surface area contributed by atoms with E-state index in [0.29, 0.717) is 17.5 Å². The van der Waals surface area contributed by atoms with Gasteiger partial charge in [0.15, 0.2) is 0 Å². The second kappa shape index (κ2) is 5.88. The summed E-state index contributed by atoms with van der Waals surface area (Å²) in [6.45, 7) is 2.20. The third kappa shape index (κ3) is 3.34. The highest BCUT2D eigenvalue weighted by Crippen LogP contribution is 2.19. The minimum Gasteiger partial charge on any atom is -0.472 e. The lowest BCUT2D eigenvalue weighted by atomic mass is 10.2. The van der Waals surface area contributed by atoms with Gasteiger partial charge in [-0.1, -0.05) is 12.1 Å². The Balaban J connectivity index is 1.87. The normalized spacial score (nSPS) is 12.8. The summed E-state index contributed by atoms with van der Waals surface area (Å²) in [6.07, 6.45) is 3.15. The molecule has 0 aromatic carbocycles. The monoisotopic (exact) mass is 254 g/mol. The minimum absolute atomic E-state index is 0.205. The Morgan fingerprint density at radius 3 is 3.12 bits per heavy atom. The third-order valence-electron chi connectivity index (χ3n) is 2.19. The number of furan rings is 1. The van der Waals surface area contributed by atoms with Crippen LogP contribution >= 0.6 is 11.8 Å². The lowest BCUT2D eigenvalue weighted by molar-refractivity contribution is 0.250. The number of rotatable bonds is 6. The van der Waals surface area contributed by atoms with Crippen molar-refractivity contribution in [1.82, 2.24) is 10.1 Å². The van der Waals surface area contributed by atoms with Crippen molar-refractivity contribution in [2.24, 2.45) is 5.92 Å². The van der Waals surface area contributed by atoms with Crippen molar-refractivity contribution in [2.75, 3.05) is 12.4 Å². The van der Waals surface area contributed by atoms with Crippen LogP contribution < -0.4 is 0 Å². The van der Waals surface area contributed by atoms with Crippen LogP contribution in [0.25, 0.3) is 11.4 Å². The van der Waals surface area contributed by atoms with Crippen LogP contribution in [0.1, 0.15) is 12.8 Å². The highest BCUT2D eigenvalue weighted by atomic mass is 32.2. The molecule has 1 atom stereocenters. The number of nitrogens with zero attached hydrogens (tertiary/aromatic N) is 2. The Hall–Kier alpha value is -1.27. The van der Waals surface area contributed by atoms with Gasteiger partial charge in [-0.25, -0.2) is 0 Å². The number of thioether (sulfide) groups is 1. The summed E-state index contributed by atoms with van der Waals surface area (Å²) in [5, 5.41) is 12.8. The van der Waals surface area contributed by atoms with E-state index in [1.807, 2.05) is 6.92 Å². The van der Waals surface area contributed by atoms with Gasteiger partial charge >= 0.3 is 0 Å². The van der Waals surface area contributed by atoms with Crippen LogP contribution in [0, 0.1) is 5.92 Å². The van der Waals surface area contributed by atoms with Gasteiger partial charge in [0.05, 0.1) is 17.6 Å². The van der Waals surface area contributed by atoms with Crippen LogP contribution in [0.15, 0.2) is 27.5 Å². The molecule has 5 nitrogen and oxygen atoms in total. The maximum absolute atomic E-state index is 8.89. The summed E-state index contributed by atoms with van der Waals surface area (Å²) in [6, 6.07) is 1.79. The van der Waals surface area contributed by atoms with Gasteiger partial charge in [0.2, 0.25) is 11.7 Å². The number of aliphatic hydroxyl groups is 1. The molecule has 0 aliphatic rings. The van der Waals surface area contributed by atoms with E-state index in [1.54, 1.807) is 30.4 Å². The fourth-order valence-corrected chi connectivity index (χ4v) is 2.14. The Labute approximate surface area is 103 Å². The molecule has 0 spiro atoms. The summed E-state index contributed by atoms with van der Waals surface area (Å²) in [4.78, 5) is 4.25. The maximum atomic E-state index is 8.89. The van der Waals surface area contributed by atoms with Gasteiger partial charge < -0.3 is 14.0 Å². The van der Waals surface area contributed by atoms with E-state index in [9.17, 15) is 0 Å². The van der Waals surface area contributed by atoms with Gasteiger partial charge in [-0.3, -0.25) is 0 Å². The molecule has 0 saturated heterocycles. The molecule has 0 amide bonds. The smallest absolute Gasteiger partial charge is 0.236 e. The summed E-state index contributed by atoms with van der Waals surface area (Å²) in [5.41, 5.74) is 0.814. The fraction of sp³-hybridized carbons (Fsp3) is 0.455. The molecule has 1 unspecified atom stereocenters. The van der Waals surface area contributed by atoms with Gasteiger partial charge in [0, 0.05) is 6.61 Å².